The van der Waals surface area contributed by atoms with E-state index >= 15 is 0 Å². The normalized spacial score (nSPS) is 12.4. The van der Waals surface area contributed by atoms with Crippen LogP contribution >= 0.6 is 0 Å². The number of nitro benzene ring substituents is 1. The highest BCUT2D eigenvalue weighted by Gasteiger charge is 2.17. The number of benzene rings is 1. The average molecular weight is 247 g/mol. The van der Waals surface area contributed by atoms with E-state index < -0.39 is 4.92 Å². The summed E-state index contributed by atoms with van der Waals surface area (Å²) in [7, 11) is 0. The smallest absolute Gasteiger partial charge is 0.294 e. The Morgan fingerprint density at radius 3 is 2.78 bits per heavy atom. The second-order valence-electron chi connectivity index (χ2n) is 4.13. The molecule has 2 rings (SSSR count). The molecular weight excluding hydrogens is 234 g/mol. The van der Waals surface area contributed by atoms with Crippen molar-refractivity contribution in [3.8, 4) is 5.69 Å². The van der Waals surface area contributed by atoms with Gasteiger partial charge in [-0.3, -0.25) is 10.1 Å². The molecule has 1 heterocycles. The Morgan fingerprint density at radius 1 is 1.50 bits per heavy atom. The maximum atomic E-state index is 11.0. The van der Waals surface area contributed by atoms with Gasteiger partial charge in [0.1, 0.15) is 5.69 Å². The number of rotatable bonds is 3. The molecule has 0 fully saturated rings. The lowest BCUT2D eigenvalue weighted by Gasteiger charge is -2.03. The third-order valence-electron chi connectivity index (χ3n) is 2.55. The molecule has 1 atom stereocenters. The summed E-state index contributed by atoms with van der Waals surface area (Å²) in [5.41, 5.74) is 7.56. The Labute approximate surface area is 103 Å². The second-order valence-corrected chi connectivity index (χ2v) is 4.13. The molecule has 1 aromatic heterocycles. The highest BCUT2D eigenvalue weighted by molar-refractivity contribution is 5.53. The lowest BCUT2D eigenvalue weighted by atomic mass is 10.2. The topological polar surface area (TPSA) is 99.9 Å². The first kappa shape index (κ1) is 12.2. The van der Waals surface area contributed by atoms with E-state index in [0.717, 1.165) is 5.56 Å². The predicted octanol–water partition coefficient (Wildman–Crippen LogP) is 1.50. The number of nitro groups is 1. The maximum Gasteiger partial charge on any atom is 0.294 e. The van der Waals surface area contributed by atoms with Crippen molar-refractivity contribution in [2.24, 2.45) is 5.73 Å². The van der Waals surface area contributed by atoms with Crippen LogP contribution in [0.15, 0.2) is 24.4 Å². The monoisotopic (exact) mass is 247 g/mol. The molecule has 0 spiro atoms. The van der Waals surface area contributed by atoms with Crippen molar-refractivity contribution in [3.63, 3.8) is 0 Å². The molecule has 0 radical (unpaired) electrons. The van der Waals surface area contributed by atoms with Crippen LogP contribution in [0.1, 0.15) is 24.2 Å². The van der Waals surface area contributed by atoms with E-state index in [0.29, 0.717) is 11.4 Å². The van der Waals surface area contributed by atoms with Crippen LogP contribution < -0.4 is 5.73 Å². The summed E-state index contributed by atoms with van der Waals surface area (Å²) in [6.07, 6.45) is 1.60. The first-order chi connectivity index (χ1) is 8.49. The summed E-state index contributed by atoms with van der Waals surface area (Å²) in [4.78, 5) is 10.5. The molecular formula is C11H13N5O2. The fourth-order valence-electron chi connectivity index (χ4n) is 1.57. The number of nitrogens with zero attached hydrogens (tertiary/aromatic N) is 4. The first-order valence-corrected chi connectivity index (χ1v) is 5.42. The molecule has 7 nitrogen and oxygen atoms in total. The molecule has 0 aliphatic rings. The Balaban J connectivity index is 2.54. The van der Waals surface area contributed by atoms with Crippen LogP contribution in [-0.2, 0) is 0 Å². The van der Waals surface area contributed by atoms with Gasteiger partial charge in [-0.25, -0.2) is 4.68 Å². The van der Waals surface area contributed by atoms with Crippen molar-refractivity contribution in [3.05, 3.63) is 45.8 Å². The number of hydrogen-bond acceptors (Lipinski definition) is 5. The molecule has 7 heteroatoms. The molecule has 0 bridgehead atoms. The molecule has 1 aromatic carbocycles. The number of aryl methyl sites for hydroxylation is 1. The molecule has 2 N–H and O–H groups in total. The molecule has 0 saturated heterocycles. The van der Waals surface area contributed by atoms with Crippen molar-refractivity contribution < 1.29 is 4.92 Å². The van der Waals surface area contributed by atoms with Gasteiger partial charge in [0.25, 0.3) is 5.69 Å². The standard InChI is InChI=1S/C11H13N5O2/c1-7-3-4-10(16(17)18)11(5-7)15-6-9(8(2)12)13-14-15/h3-6,8H,12H2,1-2H3. The van der Waals surface area contributed by atoms with Crippen molar-refractivity contribution >= 4 is 5.69 Å². The Morgan fingerprint density at radius 2 is 2.22 bits per heavy atom. The van der Waals surface area contributed by atoms with Crippen LogP contribution in [0.3, 0.4) is 0 Å². The van der Waals surface area contributed by atoms with Crippen LogP contribution in [0.4, 0.5) is 5.69 Å². The van der Waals surface area contributed by atoms with E-state index in [1.54, 1.807) is 25.3 Å². The number of hydrogen-bond donors (Lipinski definition) is 1. The molecule has 94 valence electrons. The van der Waals surface area contributed by atoms with Gasteiger partial charge >= 0.3 is 0 Å². The molecule has 0 amide bonds. The van der Waals surface area contributed by atoms with Gasteiger partial charge in [-0.05, 0) is 25.5 Å². The molecule has 1 unspecified atom stereocenters. The average Bonchev–Trinajstić information content (AvgIpc) is 2.77. The first-order valence-electron chi connectivity index (χ1n) is 5.42. The zero-order valence-electron chi connectivity index (χ0n) is 10.1. The molecule has 18 heavy (non-hydrogen) atoms. The second kappa shape index (κ2) is 4.53. The van der Waals surface area contributed by atoms with Crippen LogP contribution in [0, 0.1) is 17.0 Å². The predicted molar refractivity (Wildman–Crippen MR) is 65.4 cm³/mol. The molecule has 0 aliphatic heterocycles. The summed E-state index contributed by atoms with van der Waals surface area (Å²) in [5, 5.41) is 18.7. The van der Waals surface area contributed by atoms with Crippen LogP contribution in [0.5, 0.6) is 0 Å². The lowest BCUT2D eigenvalue weighted by Crippen LogP contribution is -2.05. The zero-order valence-corrected chi connectivity index (χ0v) is 10.1. The van der Waals surface area contributed by atoms with Crippen molar-refractivity contribution in [2.75, 3.05) is 0 Å². The van der Waals surface area contributed by atoms with Crippen molar-refractivity contribution in [1.82, 2.24) is 15.0 Å². The van der Waals surface area contributed by atoms with E-state index in [2.05, 4.69) is 10.3 Å². The number of nitrogens with two attached hydrogens (primary N) is 1. The van der Waals surface area contributed by atoms with Crippen molar-refractivity contribution in [1.29, 1.82) is 0 Å². The summed E-state index contributed by atoms with van der Waals surface area (Å²) in [6.45, 7) is 3.63. The molecule has 2 aromatic rings. The third kappa shape index (κ3) is 2.21. The van der Waals surface area contributed by atoms with E-state index in [9.17, 15) is 10.1 Å². The van der Waals surface area contributed by atoms with Gasteiger partial charge in [-0.15, -0.1) is 5.10 Å². The minimum Gasteiger partial charge on any atom is -0.323 e. The van der Waals surface area contributed by atoms with E-state index in [-0.39, 0.29) is 11.7 Å². The van der Waals surface area contributed by atoms with Crippen LogP contribution in [0.25, 0.3) is 5.69 Å². The van der Waals surface area contributed by atoms with Gasteiger partial charge in [0.05, 0.1) is 16.8 Å². The fraction of sp³-hybridized carbons (Fsp3) is 0.273. The van der Waals surface area contributed by atoms with Gasteiger partial charge < -0.3 is 5.73 Å². The largest absolute Gasteiger partial charge is 0.323 e. The minimum atomic E-state index is -0.442. The van der Waals surface area contributed by atoms with Gasteiger partial charge in [-0.2, -0.15) is 0 Å². The summed E-state index contributed by atoms with van der Waals surface area (Å²) < 4.78 is 1.38. The number of aromatic nitrogens is 3. The van der Waals surface area contributed by atoms with E-state index in [1.165, 1.54) is 10.7 Å². The Bertz CT molecular complexity index is 591. The highest BCUT2D eigenvalue weighted by Crippen LogP contribution is 2.23. The van der Waals surface area contributed by atoms with Gasteiger partial charge in [0, 0.05) is 12.1 Å². The molecule has 0 saturated carbocycles. The minimum absolute atomic E-state index is 0.0123. The van der Waals surface area contributed by atoms with Gasteiger partial charge in [0.15, 0.2) is 0 Å². The molecule has 0 aliphatic carbocycles. The Hall–Kier alpha value is -2.28. The van der Waals surface area contributed by atoms with Gasteiger partial charge in [0.2, 0.25) is 0 Å². The third-order valence-corrected chi connectivity index (χ3v) is 2.55. The summed E-state index contributed by atoms with van der Waals surface area (Å²) in [6, 6.07) is 4.57. The zero-order chi connectivity index (χ0) is 13.3. The quantitative estimate of drug-likeness (QED) is 0.654. The SMILES string of the molecule is Cc1ccc([N+](=O)[O-])c(-n2cc(C(C)N)nn2)c1. The lowest BCUT2D eigenvalue weighted by molar-refractivity contribution is -0.384. The van der Waals surface area contributed by atoms with E-state index in [4.69, 9.17) is 5.73 Å². The summed E-state index contributed by atoms with van der Waals surface area (Å²) in [5.74, 6) is 0. The van der Waals surface area contributed by atoms with E-state index in [1.807, 2.05) is 6.92 Å². The fourth-order valence-corrected chi connectivity index (χ4v) is 1.57. The van der Waals surface area contributed by atoms with Crippen LogP contribution in [0.2, 0.25) is 0 Å². The Kier molecular flexibility index (Phi) is 3.07. The van der Waals surface area contributed by atoms with Crippen molar-refractivity contribution in [2.45, 2.75) is 19.9 Å². The van der Waals surface area contributed by atoms with Crippen LogP contribution in [-0.4, -0.2) is 19.9 Å². The highest BCUT2D eigenvalue weighted by atomic mass is 16.6. The van der Waals surface area contributed by atoms with Gasteiger partial charge in [-0.1, -0.05) is 11.3 Å². The maximum absolute atomic E-state index is 11.0. The summed E-state index contributed by atoms with van der Waals surface area (Å²) >= 11 is 0.